The Morgan fingerprint density at radius 2 is 1.78 bits per heavy atom. The molecule has 32 heavy (non-hydrogen) atoms. The van der Waals surface area contributed by atoms with Gasteiger partial charge >= 0.3 is 0 Å². The summed E-state index contributed by atoms with van der Waals surface area (Å²) in [7, 11) is 0. The first-order valence-electron chi connectivity index (χ1n) is 11.1. The third kappa shape index (κ3) is 6.74. The van der Waals surface area contributed by atoms with Gasteiger partial charge in [-0.2, -0.15) is 5.01 Å². The number of nitrogens with zero attached hydrogens (tertiary/aromatic N) is 1. The van der Waals surface area contributed by atoms with Crippen LogP contribution in [0.5, 0.6) is 0 Å². The van der Waals surface area contributed by atoms with Crippen LogP contribution in [-0.4, -0.2) is 39.1 Å². The van der Waals surface area contributed by atoms with Crippen molar-refractivity contribution in [1.82, 2.24) is 21.2 Å². The summed E-state index contributed by atoms with van der Waals surface area (Å²) in [5, 5.41) is 13.5. The van der Waals surface area contributed by atoms with Crippen LogP contribution < -0.4 is 16.2 Å². The average molecular weight is 463 g/mol. The molecule has 1 aliphatic rings. The normalized spacial score (nSPS) is 18.0. The molecular weight excluding hydrogens is 428 g/mol. The van der Waals surface area contributed by atoms with Gasteiger partial charge in [0, 0.05) is 0 Å². The number of nitrogens with one attached hydrogen (secondary N) is 3. The lowest BCUT2D eigenvalue weighted by molar-refractivity contribution is -0.144. The Bertz CT molecular complexity index is 815. The number of benzene rings is 1. The lowest BCUT2D eigenvalue weighted by Crippen LogP contribution is -2.51. The number of amides is 3. The maximum absolute atomic E-state index is 13.2. The number of carbonyl (C=O) groups excluding carboxylic acids is 3. The minimum Gasteiger partial charge on any atom is -0.349 e. The molecule has 9 heteroatoms. The van der Waals surface area contributed by atoms with Crippen LogP contribution in [0.3, 0.4) is 0 Å². The summed E-state index contributed by atoms with van der Waals surface area (Å²) in [5.41, 5.74) is 5.47. The number of rotatable bonds is 11. The van der Waals surface area contributed by atoms with Crippen LogP contribution in [0.25, 0.3) is 0 Å². The van der Waals surface area contributed by atoms with E-state index in [1.54, 1.807) is 5.48 Å². The second-order valence-corrected chi connectivity index (χ2v) is 9.40. The first-order chi connectivity index (χ1) is 15.1. The Hall–Kier alpha value is -2.52. The molecule has 8 nitrogen and oxygen atoms in total. The maximum Gasteiger partial charge on any atom is 0.270 e. The molecule has 0 aromatic heterocycles. The zero-order chi connectivity index (χ0) is 23.8. The molecule has 0 radical (unpaired) electrons. The van der Waals surface area contributed by atoms with Crippen molar-refractivity contribution < 1.29 is 19.6 Å². The van der Waals surface area contributed by atoms with Gasteiger partial charge < -0.3 is 5.32 Å². The van der Waals surface area contributed by atoms with Gasteiger partial charge in [0.05, 0.1) is 11.8 Å². The van der Waals surface area contributed by atoms with E-state index < -0.39 is 29.7 Å². The van der Waals surface area contributed by atoms with E-state index in [0.717, 1.165) is 17.0 Å². The third-order valence-electron chi connectivity index (χ3n) is 5.68. The number of hydroxylamine groups is 1. The smallest absolute Gasteiger partial charge is 0.270 e. The molecule has 1 heterocycles. The number of carbonyl (C=O) groups is 3. The average Bonchev–Trinajstić information content (AvgIpc) is 3.04. The first kappa shape index (κ1) is 25.7. The molecule has 1 aromatic rings. The highest BCUT2D eigenvalue weighted by atomic mass is 32.1. The molecule has 1 saturated heterocycles. The van der Waals surface area contributed by atoms with E-state index in [4.69, 9.17) is 12.2 Å². The predicted molar refractivity (Wildman–Crippen MR) is 125 cm³/mol. The van der Waals surface area contributed by atoms with Crippen molar-refractivity contribution in [3.8, 4) is 0 Å². The minimum atomic E-state index is -0.744. The summed E-state index contributed by atoms with van der Waals surface area (Å²) in [4.78, 5) is 38.4. The second-order valence-electron chi connectivity index (χ2n) is 9.02. The van der Waals surface area contributed by atoms with E-state index in [-0.39, 0.29) is 22.9 Å². The standard InChI is InChI=1S/C23H34N4O4S/c1-14(2)13-18(20(28)25-27-22(30)19(15(3)4)24-23(27)32)17(21(29)26-31)12-8-11-16-9-6-5-7-10-16/h5-7,9-10,14-15,17-19,31H,8,11-13H2,1-4H3,(H,24,32)(H,25,28)(H,26,29)/t17-,18?,19?/m1/s1. The lowest BCUT2D eigenvalue weighted by atomic mass is 9.81. The van der Waals surface area contributed by atoms with Crippen molar-refractivity contribution in [2.45, 2.75) is 59.4 Å². The third-order valence-corrected chi connectivity index (χ3v) is 5.98. The van der Waals surface area contributed by atoms with Gasteiger partial charge in [0.25, 0.3) is 5.91 Å². The zero-order valence-electron chi connectivity index (χ0n) is 19.1. The van der Waals surface area contributed by atoms with E-state index in [1.807, 2.05) is 58.0 Å². The number of aryl methyl sites for hydroxylation is 1. The quantitative estimate of drug-likeness (QED) is 0.229. The van der Waals surface area contributed by atoms with Crippen LogP contribution >= 0.6 is 12.2 Å². The molecular formula is C23H34N4O4S. The second kappa shape index (κ2) is 11.9. The van der Waals surface area contributed by atoms with Crippen molar-refractivity contribution in [3.05, 3.63) is 35.9 Å². The molecule has 1 aromatic carbocycles. The molecule has 0 spiro atoms. The lowest BCUT2D eigenvalue weighted by Gasteiger charge is -2.28. The van der Waals surface area contributed by atoms with Gasteiger partial charge in [0.2, 0.25) is 11.8 Å². The van der Waals surface area contributed by atoms with Crippen LogP contribution in [-0.2, 0) is 20.8 Å². The Morgan fingerprint density at radius 3 is 2.31 bits per heavy atom. The summed E-state index contributed by atoms with van der Waals surface area (Å²) in [6.07, 6.45) is 2.26. The topological polar surface area (TPSA) is 111 Å². The van der Waals surface area contributed by atoms with E-state index in [0.29, 0.717) is 19.3 Å². The molecule has 1 fully saturated rings. The zero-order valence-corrected chi connectivity index (χ0v) is 19.9. The Morgan fingerprint density at radius 1 is 1.12 bits per heavy atom. The van der Waals surface area contributed by atoms with Gasteiger partial charge in [-0.1, -0.05) is 58.0 Å². The molecule has 2 unspecified atom stereocenters. The van der Waals surface area contributed by atoms with Gasteiger partial charge in [0.15, 0.2) is 5.11 Å². The number of thiocarbonyl (C=S) groups is 1. The van der Waals surface area contributed by atoms with Crippen molar-refractivity contribution in [2.24, 2.45) is 23.7 Å². The highest BCUT2D eigenvalue weighted by Gasteiger charge is 2.41. The highest BCUT2D eigenvalue weighted by Crippen LogP contribution is 2.27. The summed E-state index contributed by atoms with van der Waals surface area (Å²) in [6.45, 7) is 7.69. The summed E-state index contributed by atoms with van der Waals surface area (Å²) < 4.78 is 0. The Labute approximate surface area is 195 Å². The Kier molecular flexibility index (Phi) is 9.59. The molecule has 3 amide bonds. The van der Waals surface area contributed by atoms with Crippen LogP contribution in [0.1, 0.15) is 52.5 Å². The molecule has 2 rings (SSSR count). The number of hydrogen-bond acceptors (Lipinski definition) is 5. The molecule has 0 aliphatic carbocycles. The maximum atomic E-state index is 13.2. The highest BCUT2D eigenvalue weighted by molar-refractivity contribution is 7.80. The van der Waals surface area contributed by atoms with E-state index >= 15 is 0 Å². The largest absolute Gasteiger partial charge is 0.349 e. The fraction of sp³-hybridized carbons (Fsp3) is 0.565. The summed E-state index contributed by atoms with van der Waals surface area (Å²) in [6, 6.07) is 9.37. The monoisotopic (exact) mass is 462 g/mol. The first-order valence-corrected chi connectivity index (χ1v) is 11.5. The van der Waals surface area contributed by atoms with E-state index in [9.17, 15) is 19.6 Å². The van der Waals surface area contributed by atoms with Gasteiger partial charge in [-0.3, -0.25) is 25.0 Å². The summed E-state index contributed by atoms with van der Waals surface area (Å²) in [5.74, 6) is -2.75. The van der Waals surface area contributed by atoms with Crippen LogP contribution in [0.2, 0.25) is 0 Å². The van der Waals surface area contributed by atoms with Gasteiger partial charge in [-0.15, -0.1) is 0 Å². The van der Waals surface area contributed by atoms with Gasteiger partial charge in [0.1, 0.15) is 6.04 Å². The van der Waals surface area contributed by atoms with Crippen molar-refractivity contribution in [3.63, 3.8) is 0 Å². The molecule has 3 atom stereocenters. The Balaban J connectivity index is 2.15. The fourth-order valence-corrected chi connectivity index (χ4v) is 4.24. The molecule has 0 bridgehead atoms. The fourth-order valence-electron chi connectivity index (χ4n) is 3.98. The van der Waals surface area contributed by atoms with E-state index in [1.165, 1.54) is 0 Å². The van der Waals surface area contributed by atoms with Gasteiger partial charge in [-0.25, -0.2) is 5.48 Å². The van der Waals surface area contributed by atoms with Crippen molar-refractivity contribution >= 4 is 35.1 Å². The van der Waals surface area contributed by atoms with Crippen LogP contribution in [0, 0.1) is 23.7 Å². The van der Waals surface area contributed by atoms with Crippen molar-refractivity contribution in [1.29, 1.82) is 0 Å². The SMILES string of the molecule is CC(C)CC(C(=O)NN1C(=O)C(C(C)C)NC1=S)[C@@H](CCCc1ccccc1)C(=O)NO. The van der Waals surface area contributed by atoms with Gasteiger partial charge in [-0.05, 0) is 55.3 Å². The number of hydrogen-bond donors (Lipinski definition) is 4. The summed E-state index contributed by atoms with van der Waals surface area (Å²) >= 11 is 5.23. The predicted octanol–water partition coefficient (Wildman–Crippen LogP) is 2.57. The van der Waals surface area contributed by atoms with Crippen LogP contribution in [0.4, 0.5) is 0 Å². The molecule has 1 aliphatic heterocycles. The van der Waals surface area contributed by atoms with Crippen molar-refractivity contribution in [2.75, 3.05) is 0 Å². The molecule has 4 N–H and O–H groups in total. The van der Waals surface area contributed by atoms with Crippen LogP contribution in [0.15, 0.2) is 30.3 Å². The molecule has 0 saturated carbocycles. The minimum absolute atomic E-state index is 0.000264. The number of hydrazine groups is 1. The molecule has 176 valence electrons. The van der Waals surface area contributed by atoms with E-state index in [2.05, 4.69) is 10.7 Å².